The molecule has 0 amide bonds. The summed E-state index contributed by atoms with van der Waals surface area (Å²) in [5.41, 5.74) is 4.65. The maximum Gasteiger partial charge on any atom is 0.110 e. The molecule has 3 heteroatoms. The van der Waals surface area contributed by atoms with E-state index in [0.717, 1.165) is 10.3 Å². The van der Waals surface area contributed by atoms with Gasteiger partial charge in [-0.1, -0.05) is 17.7 Å². The van der Waals surface area contributed by atoms with Crippen LogP contribution in [0, 0.1) is 13.8 Å². The fourth-order valence-electron chi connectivity index (χ4n) is 1.46. The van der Waals surface area contributed by atoms with E-state index in [2.05, 4.69) is 57.9 Å². The largest absolute Gasteiger partial charge is 0.339 e. The highest BCUT2D eigenvalue weighted by atomic mass is 79.9. The minimum absolute atomic E-state index is 0.936. The van der Waals surface area contributed by atoms with Crippen LogP contribution in [0.2, 0.25) is 0 Å². The molecule has 14 heavy (non-hydrogen) atoms. The fourth-order valence-corrected chi connectivity index (χ4v) is 1.88. The van der Waals surface area contributed by atoms with Crippen molar-refractivity contribution in [1.29, 1.82) is 0 Å². The number of H-pyrrole nitrogens is 1. The fraction of sp³-hybridized carbons (Fsp3) is 0.182. The molecule has 2 aromatic rings. The lowest BCUT2D eigenvalue weighted by Crippen LogP contribution is -1.85. The number of nitrogens with one attached hydrogen (secondary N) is 1. The Labute approximate surface area is 91.5 Å². The molecular formula is C11H11BrN2. The highest BCUT2D eigenvalue weighted by Gasteiger charge is 2.08. The first-order valence-corrected chi connectivity index (χ1v) is 5.24. The molecule has 0 spiro atoms. The molecule has 0 aliphatic heterocycles. The van der Waals surface area contributed by atoms with Crippen LogP contribution in [0.15, 0.2) is 29.1 Å². The van der Waals surface area contributed by atoms with Crippen molar-refractivity contribution in [3.63, 3.8) is 0 Å². The molecule has 1 heterocycles. The van der Waals surface area contributed by atoms with E-state index in [1.807, 2.05) is 0 Å². The first-order chi connectivity index (χ1) is 6.68. The van der Waals surface area contributed by atoms with E-state index in [-0.39, 0.29) is 0 Å². The van der Waals surface area contributed by atoms with Crippen LogP contribution in [0.3, 0.4) is 0 Å². The Morgan fingerprint density at radius 2 is 2.07 bits per heavy atom. The SMILES string of the molecule is Cc1ccc(C)c(-c2nc[nH]c2Br)c1. The van der Waals surface area contributed by atoms with E-state index in [1.165, 1.54) is 16.7 Å². The van der Waals surface area contributed by atoms with E-state index in [1.54, 1.807) is 6.33 Å². The van der Waals surface area contributed by atoms with E-state index in [4.69, 9.17) is 0 Å². The van der Waals surface area contributed by atoms with Gasteiger partial charge in [0.2, 0.25) is 0 Å². The standard InChI is InChI=1S/C11H11BrN2/c1-7-3-4-8(2)9(5-7)10-11(12)14-6-13-10/h3-6H,1-2H3,(H,13,14). The van der Waals surface area contributed by atoms with Crippen LogP contribution in [0.5, 0.6) is 0 Å². The molecule has 0 aliphatic carbocycles. The third-order valence-corrected chi connectivity index (χ3v) is 2.85. The Bertz CT molecular complexity index is 460. The van der Waals surface area contributed by atoms with Crippen LogP contribution < -0.4 is 0 Å². The van der Waals surface area contributed by atoms with E-state index in [0.29, 0.717) is 0 Å². The van der Waals surface area contributed by atoms with Crippen LogP contribution in [-0.2, 0) is 0 Å². The number of aryl methyl sites for hydroxylation is 2. The highest BCUT2D eigenvalue weighted by molar-refractivity contribution is 9.10. The van der Waals surface area contributed by atoms with E-state index in [9.17, 15) is 0 Å². The van der Waals surface area contributed by atoms with Gasteiger partial charge in [-0.3, -0.25) is 0 Å². The summed E-state index contributed by atoms with van der Waals surface area (Å²) in [6, 6.07) is 6.38. The van der Waals surface area contributed by atoms with Crippen LogP contribution in [0.25, 0.3) is 11.3 Å². The van der Waals surface area contributed by atoms with Crippen LogP contribution >= 0.6 is 15.9 Å². The van der Waals surface area contributed by atoms with Crippen LogP contribution in [0.1, 0.15) is 11.1 Å². The number of aromatic nitrogens is 2. The minimum atomic E-state index is 0.936. The molecule has 0 atom stereocenters. The van der Waals surface area contributed by atoms with Crippen molar-refractivity contribution in [2.75, 3.05) is 0 Å². The quantitative estimate of drug-likeness (QED) is 0.826. The van der Waals surface area contributed by atoms with E-state index < -0.39 is 0 Å². The summed E-state index contributed by atoms with van der Waals surface area (Å²) in [6.45, 7) is 4.18. The van der Waals surface area contributed by atoms with Crippen molar-refractivity contribution in [3.8, 4) is 11.3 Å². The van der Waals surface area contributed by atoms with Crippen molar-refractivity contribution in [2.24, 2.45) is 0 Å². The summed E-state index contributed by atoms with van der Waals surface area (Å²) >= 11 is 3.44. The zero-order valence-corrected chi connectivity index (χ0v) is 9.72. The van der Waals surface area contributed by atoms with Gasteiger partial charge in [-0.15, -0.1) is 0 Å². The summed E-state index contributed by atoms with van der Waals surface area (Å²) in [5.74, 6) is 0. The number of nitrogens with zero attached hydrogens (tertiary/aromatic N) is 1. The Kier molecular flexibility index (Phi) is 2.42. The van der Waals surface area contributed by atoms with Gasteiger partial charge in [-0.2, -0.15) is 0 Å². The lowest BCUT2D eigenvalue weighted by atomic mass is 10.0. The Morgan fingerprint density at radius 3 is 2.71 bits per heavy atom. The Balaban J connectivity index is 2.62. The number of aromatic amines is 1. The second-order valence-electron chi connectivity index (χ2n) is 3.38. The number of benzene rings is 1. The van der Waals surface area contributed by atoms with Gasteiger partial charge in [0.25, 0.3) is 0 Å². The Morgan fingerprint density at radius 1 is 1.29 bits per heavy atom. The molecule has 0 aliphatic rings. The summed E-state index contributed by atoms with van der Waals surface area (Å²) in [7, 11) is 0. The van der Waals surface area contributed by atoms with Gasteiger partial charge < -0.3 is 4.98 Å². The van der Waals surface area contributed by atoms with Crippen molar-refractivity contribution in [2.45, 2.75) is 13.8 Å². The number of hydrogen-bond donors (Lipinski definition) is 1. The molecule has 2 rings (SSSR count). The minimum Gasteiger partial charge on any atom is -0.339 e. The smallest absolute Gasteiger partial charge is 0.110 e. The van der Waals surface area contributed by atoms with Gasteiger partial charge in [-0.25, -0.2) is 4.98 Å². The lowest BCUT2D eigenvalue weighted by Gasteiger charge is -2.04. The molecule has 1 N–H and O–H groups in total. The van der Waals surface area contributed by atoms with Crippen molar-refractivity contribution >= 4 is 15.9 Å². The summed E-state index contributed by atoms with van der Waals surface area (Å²) in [6.07, 6.45) is 1.70. The molecule has 1 aromatic heterocycles. The second-order valence-corrected chi connectivity index (χ2v) is 4.18. The Hall–Kier alpha value is -1.09. The van der Waals surface area contributed by atoms with Gasteiger partial charge in [-0.05, 0) is 41.4 Å². The van der Waals surface area contributed by atoms with Gasteiger partial charge in [0.1, 0.15) is 10.3 Å². The van der Waals surface area contributed by atoms with Gasteiger partial charge in [0.05, 0.1) is 6.33 Å². The molecule has 0 saturated carbocycles. The van der Waals surface area contributed by atoms with Gasteiger partial charge in [0.15, 0.2) is 0 Å². The molecule has 72 valence electrons. The summed E-state index contributed by atoms with van der Waals surface area (Å²) < 4.78 is 0.936. The van der Waals surface area contributed by atoms with Gasteiger partial charge >= 0.3 is 0 Å². The predicted octanol–water partition coefficient (Wildman–Crippen LogP) is 3.46. The van der Waals surface area contributed by atoms with Crippen molar-refractivity contribution < 1.29 is 0 Å². The zero-order chi connectivity index (χ0) is 10.1. The molecule has 2 nitrogen and oxygen atoms in total. The molecular weight excluding hydrogens is 240 g/mol. The monoisotopic (exact) mass is 250 g/mol. The number of rotatable bonds is 1. The van der Waals surface area contributed by atoms with Crippen LogP contribution in [-0.4, -0.2) is 9.97 Å². The predicted molar refractivity (Wildman–Crippen MR) is 61.2 cm³/mol. The summed E-state index contributed by atoms with van der Waals surface area (Å²) in [4.78, 5) is 7.30. The normalized spacial score (nSPS) is 10.5. The second kappa shape index (κ2) is 3.58. The highest BCUT2D eigenvalue weighted by Crippen LogP contribution is 2.27. The molecule has 0 unspecified atom stereocenters. The number of imidazole rings is 1. The van der Waals surface area contributed by atoms with Crippen molar-refractivity contribution in [1.82, 2.24) is 9.97 Å². The molecule has 0 bridgehead atoms. The first kappa shape index (κ1) is 9.46. The molecule has 1 aromatic carbocycles. The molecule has 0 radical (unpaired) electrons. The maximum absolute atomic E-state index is 4.29. The number of hydrogen-bond acceptors (Lipinski definition) is 1. The lowest BCUT2D eigenvalue weighted by molar-refractivity contribution is 1.30. The first-order valence-electron chi connectivity index (χ1n) is 4.45. The third kappa shape index (κ3) is 1.60. The van der Waals surface area contributed by atoms with Crippen molar-refractivity contribution in [3.05, 3.63) is 40.3 Å². The average Bonchev–Trinajstić information content (AvgIpc) is 2.56. The zero-order valence-electron chi connectivity index (χ0n) is 8.13. The maximum atomic E-state index is 4.29. The summed E-state index contributed by atoms with van der Waals surface area (Å²) in [5, 5.41) is 0. The average molecular weight is 251 g/mol. The molecule has 0 fully saturated rings. The molecule has 0 saturated heterocycles. The topological polar surface area (TPSA) is 28.7 Å². The van der Waals surface area contributed by atoms with Gasteiger partial charge in [0, 0.05) is 5.56 Å². The van der Waals surface area contributed by atoms with Crippen LogP contribution in [0.4, 0.5) is 0 Å². The third-order valence-electron chi connectivity index (χ3n) is 2.24. The van der Waals surface area contributed by atoms with E-state index >= 15 is 0 Å². The number of halogens is 1.